The van der Waals surface area contributed by atoms with Crippen molar-refractivity contribution in [2.75, 3.05) is 4.90 Å². The number of carbonyl (C=O) groups excluding carboxylic acids is 1. The molecule has 6 rings (SSSR count). The molecule has 1 aliphatic rings. The maximum atomic E-state index is 13.7. The molecule has 2 aromatic carbocycles. The van der Waals surface area contributed by atoms with Crippen LogP contribution in [0.4, 0.5) is 16.4 Å². The molecule has 0 aliphatic heterocycles. The summed E-state index contributed by atoms with van der Waals surface area (Å²) in [6.45, 7) is 2.35. The van der Waals surface area contributed by atoms with Crippen LogP contribution < -0.4 is 10.2 Å². The summed E-state index contributed by atoms with van der Waals surface area (Å²) < 4.78 is 1.78. The summed E-state index contributed by atoms with van der Waals surface area (Å²) in [5.74, 6) is 0.515. The third kappa shape index (κ3) is 6.96. The molecule has 0 radical (unpaired) electrons. The fraction of sp³-hybridized carbons (Fsp3) is 0.265. The number of hydrogen-bond acceptors (Lipinski definition) is 7. The minimum Gasteiger partial charge on any atom is -0.334 e. The zero-order chi connectivity index (χ0) is 31.2. The Morgan fingerprint density at radius 3 is 2.56 bits per heavy atom. The lowest BCUT2D eigenvalue weighted by atomic mass is 9.86. The summed E-state index contributed by atoms with van der Waals surface area (Å²) in [6.07, 6.45) is 10.6. The van der Waals surface area contributed by atoms with Crippen molar-refractivity contribution in [1.82, 2.24) is 35.3 Å². The van der Waals surface area contributed by atoms with Crippen molar-refractivity contribution in [3.63, 3.8) is 0 Å². The quantitative estimate of drug-likeness (QED) is 0.206. The zero-order valence-corrected chi connectivity index (χ0v) is 25.3. The van der Waals surface area contributed by atoms with Crippen LogP contribution in [0.25, 0.3) is 22.5 Å². The molecule has 3 heterocycles. The lowest BCUT2D eigenvalue weighted by Gasteiger charge is -2.36. The number of nitrogens with one attached hydrogen (secondary N) is 2. The molecule has 5 aromatic rings. The van der Waals surface area contributed by atoms with Crippen LogP contribution in [0, 0.1) is 24.2 Å². The summed E-state index contributed by atoms with van der Waals surface area (Å²) in [4.78, 5) is 29.0. The third-order valence-corrected chi connectivity index (χ3v) is 8.04. The van der Waals surface area contributed by atoms with Gasteiger partial charge in [-0.1, -0.05) is 42.5 Å². The second-order valence-corrected chi connectivity index (χ2v) is 11.3. The normalized spacial score (nSPS) is 16.4. The first-order valence-electron chi connectivity index (χ1n) is 15.0. The monoisotopic (exact) mass is 598 g/mol. The van der Waals surface area contributed by atoms with Crippen molar-refractivity contribution >= 4 is 23.9 Å². The van der Waals surface area contributed by atoms with Crippen LogP contribution in [-0.2, 0) is 13.6 Å². The van der Waals surface area contributed by atoms with Crippen molar-refractivity contribution in [1.29, 1.82) is 5.26 Å². The molecule has 1 fully saturated rings. The Kier molecular flexibility index (Phi) is 8.73. The predicted molar refractivity (Wildman–Crippen MR) is 173 cm³/mol. The summed E-state index contributed by atoms with van der Waals surface area (Å²) in [5, 5.41) is 24.1. The number of urea groups is 1. The molecule has 11 heteroatoms. The van der Waals surface area contributed by atoms with E-state index in [-0.39, 0.29) is 18.0 Å². The fourth-order valence-corrected chi connectivity index (χ4v) is 5.67. The van der Waals surface area contributed by atoms with Crippen LogP contribution in [0.1, 0.15) is 42.5 Å². The van der Waals surface area contributed by atoms with E-state index in [0.717, 1.165) is 53.8 Å². The van der Waals surface area contributed by atoms with Gasteiger partial charge in [-0.2, -0.15) is 15.5 Å². The van der Waals surface area contributed by atoms with Gasteiger partial charge in [0.15, 0.2) is 0 Å². The molecule has 11 nitrogen and oxygen atoms in total. The molecule has 0 saturated heterocycles. The van der Waals surface area contributed by atoms with Crippen molar-refractivity contribution in [2.24, 2.45) is 18.0 Å². The number of carbonyl (C=O) groups is 1. The Morgan fingerprint density at radius 1 is 1.11 bits per heavy atom. The molecule has 0 atom stereocenters. The van der Waals surface area contributed by atoms with Gasteiger partial charge in [0.2, 0.25) is 5.95 Å². The average Bonchev–Trinajstić information content (AvgIpc) is 3.72. The molecule has 226 valence electrons. The van der Waals surface area contributed by atoms with Gasteiger partial charge < -0.3 is 5.32 Å². The van der Waals surface area contributed by atoms with Gasteiger partial charge in [0, 0.05) is 49.0 Å². The number of benzene rings is 2. The van der Waals surface area contributed by atoms with Crippen LogP contribution in [0.3, 0.4) is 0 Å². The molecule has 1 aliphatic carbocycles. The lowest BCUT2D eigenvalue weighted by Crippen LogP contribution is -2.47. The summed E-state index contributed by atoms with van der Waals surface area (Å²) in [7, 11) is 1.90. The first kappa shape index (κ1) is 29.4. The number of aromatic nitrogens is 6. The minimum absolute atomic E-state index is 0.0373. The van der Waals surface area contributed by atoms with E-state index >= 15 is 0 Å². The Morgan fingerprint density at radius 2 is 1.89 bits per heavy atom. The van der Waals surface area contributed by atoms with Gasteiger partial charge in [-0.15, -0.1) is 0 Å². The predicted octanol–water partition coefficient (Wildman–Crippen LogP) is 6.12. The van der Waals surface area contributed by atoms with Crippen molar-refractivity contribution < 1.29 is 4.79 Å². The number of H-pyrrole nitrogens is 1. The average molecular weight is 599 g/mol. The number of hydrogen-bond donors (Lipinski definition) is 2. The Hall–Kier alpha value is -5.63. The molecule has 0 spiro atoms. The molecule has 3 aromatic heterocycles. The first-order valence-corrected chi connectivity index (χ1v) is 15.0. The SMILES string of the molecule is Cc1cc(-c2nc(N=CC3CCC(N(C(=O)NCc4ccccc4)c4ccc(-c5cnn(C)c5)cc4)CC3)ncc2C#N)n[nH]1. The van der Waals surface area contributed by atoms with Crippen LogP contribution >= 0.6 is 0 Å². The topological polar surface area (TPSA) is 141 Å². The highest BCUT2D eigenvalue weighted by atomic mass is 16.2. The number of aryl methyl sites for hydroxylation is 2. The van der Waals surface area contributed by atoms with Crippen LogP contribution in [0.15, 0.2) is 84.2 Å². The number of anilines is 1. The molecule has 45 heavy (non-hydrogen) atoms. The molecule has 1 saturated carbocycles. The summed E-state index contributed by atoms with van der Waals surface area (Å²) in [5.41, 5.74) is 6.25. The smallest absolute Gasteiger partial charge is 0.322 e. The van der Waals surface area contributed by atoms with E-state index in [4.69, 9.17) is 0 Å². The van der Waals surface area contributed by atoms with Crippen molar-refractivity contribution in [2.45, 2.75) is 45.2 Å². The van der Waals surface area contributed by atoms with Gasteiger partial charge in [0.25, 0.3) is 0 Å². The standard InChI is InChI=1S/C34H34N10O/c1-23-16-31(42-41-23)32-27(17-35)20-37-33(40-32)36-18-25-8-12-29(13-9-25)44(34(45)38-19-24-6-4-3-5-7-24)30-14-10-26(11-15-30)28-21-39-43(2)22-28/h3-7,10-11,14-16,18,20-22,25,29H,8-9,12-13,19H2,1-2H3,(H,38,45)(H,41,42). The first-order chi connectivity index (χ1) is 22.0. The number of rotatable bonds is 8. The van der Waals surface area contributed by atoms with E-state index in [1.165, 1.54) is 6.20 Å². The van der Waals surface area contributed by atoms with Crippen LogP contribution in [-0.4, -0.2) is 48.2 Å². The third-order valence-electron chi connectivity index (χ3n) is 8.04. The Balaban J connectivity index is 1.16. The maximum Gasteiger partial charge on any atom is 0.322 e. The van der Waals surface area contributed by atoms with Gasteiger partial charge in [-0.3, -0.25) is 14.7 Å². The summed E-state index contributed by atoms with van der Waals surface area (Å²) in [6, 6.07) is 21.9. The van der Waals surface area contributed by atoms with Gasteiger partial charge in [-0.25, -0.2) is 19.8 Å². The second kappa shape index (κ2) is 13.3. The fourth-order valence-electron chi connectivity index (χ4n) is 5.67. The maximum absolute atomic E-state index is 13.7. The Labute approximate surface area is 261 Å². The number of aromatic amines is 1. The van der Waals surface area contributed by atoms with E-state index in [0.29, 0.717) is 29.4 Å². The van der Waals surface area contributed by atoms with Crippen molar-refractivity contribution in [3.8, 4) is 28.6 Å². The molecule has 2 N–H and O–H groups in total. The molecular formula is C34H34N10O. The van der Waals surface area contributed by atoms with E-state index in [9.17, 15) is 10.1 Å². The number of nitrogens with zero attached hydrogens (tertiary/aromatic N) is 8. The number of amides is 2. The van der Waals surface area contributed by atoms with E-state index in [1.54, 1.807) is 4.68 Å². The lowest BCUT2D eigenvalue weighted by molar-refractivity contribution is 0.240. The van der Waals surface area contributed by atoms with Crippen LogP contribution in [0.2, 0.25) is 0 Å². The number of aliphatic imine (C=N–C) groups is 1. The van der Waals surface area contributed by atoms with E-state index in [2.05, 4.69) is 41.6 Å². The molecule has 2 amide bonds. The highest BCUT2D eigenvalue weighted by Crippen LogP contribution is 2.32. The molecule has 0 bridgehead atoms. The Bertz CT molecular complexity index is 1830. The van der Waals surface area contributed by atoms with Crippen molar-refractivity contribution in [3.05, 3.63) is 96.1 Å². The van der Waals surface area contributed by atoms with Gasteiger partial charge in [0.1, 0.15) is 17.5 Å². The van der Waals surface area contributed by atoms with Gasteiger partial charge in [-0.05, 0) is 67.9 Å². The number of nitriles is 1. The largest absolute Gasteiger partial charge is 0.334 e. The highest BCUT2D eigenvalue weighted by Gasteiger charge is 2.30. The second-order valence-electron chi connectivity index (χ2n) is 11.3. The molecular weight excluding hydrogens is 564 g/mol. The van der Waals surface area contributed by atoms with Crippen LogP contribution in [0.5, 0.6) is 0 Å². The highest BCUT2D eigenvalue weighted by molar-refractivity contribution is 5.93. The minimum atomic E-state index is -0.114. The van der Waals surface area contributed by atoms with Gasteiger partial charge >= 0.3 is 6.03 Å². The van der Waals surface area contributed by atoms with Gasteiger partial charge in [0.05, 0.1) is 18.0 Å². The summed E-state index contributed by atoms with van der Waals surface area (Å²) >= 11 is 0. The zero-order valence-electron chi connectivity index (χ0n) is 25.3. The molecule has 0 unspecified atom stereocenters. The van der Waals surface area contributed by atoms with E-state index in [1.807, 2.05) is 98.1 Å². The van der Waals surface area contributed by atoms with E-state index < -0.39 is 0 Å².